The topological polar surface area (TPSA) is 143 Å². The first kappa shape index (κ1) is 49.2. The molecule has 9 heteroatoms. The average molecular weight is 753 g/mol. The molecule has 1 heterocycles. The van der Waals surface area contributed by atoms with E-state index in [4.69, 9.17) is 14.2 Å². The summed E-state index contributed by atoms with van der Waals surface area (Å²) >= 11 is 0. The van der Waals surface area contributed by atoms with Gasteiger partial charge in [0, 0.05) is 25.2 Å². The normalized spacial score (nSPS) is 20.3. The number of unbranched alkanes of at least 4 members (excludes halogenated alkanes) is 20. The first-order valence-corrected chi connectivity index (χ1v) is 21.8. The van der Waals surface area contributed by atoms with E-state index < -0.39 is 43.3 Å². The molecule has 0 amide bonds. The largest absolute Gasteiger partial charge is 0.462 e. The van der Waals surface area contributed by atoms with Crippen molar-refractivity contribution >= 4 is 11.9 Å². The number of aliphatic hydroxyl groups is 4. The summed E-state index contributed by atoms with van der Waals surface area (Å²) in [6.45, 7) is 3.82. The Morgan fingerprint density at radius 1 is 0.717 bits per heavy atom. The third-order valence-electron chi connectivity index (χ3n) is 10.3. The second kappa shape index (κ2) is 34.7. The fourth-order valence-electron chi connectivity index (χ4n) is 6.89. The van der Waals surface area contributed by atoms with Crippen LogP contribution in [0.1, 0.15) is 194 Å². The Balaban J connectivity index is 2.09. The highest BCUT2D eigenvalue weighted by Crippen LogP contribution is 2.29. The minimum atomic E-state index is -1.05. The molecule has 0 aliphatic carbocycles. The molecule has 0 spiro atoms. The highest BCUT2D eigenvalue weighted by Gasteiger charge is 2.35. The maximum Gasteiger partial charge on any atom is 0.306 e. The lowest BCUT2D eigenvalue weighted by molar-refractivity contribution is -0.199. The zero-order chi connectivity index (χ0) is 38.8. The monoisotopic (exact) mass is 753 g/mol. The minimum absolute atomic E-state index is 0.134. The van der Waals surface area contributed by atoms with E-state index in [1.165, 1.54) is 96.3 Å². The molecule has 53 heavy (non-hydrogen) atoms. The van der Waals surface area contributed by atoms with Crippen LogP contribution in [-0.4, -0.2) is 76.3 Å². The van der Waals surface area contributed by atoms with Crippen molar-refractivity contribution in [1.82, 2.24) is 0 Å². The summed E-state index contributed by atoms with van der Waals surface area (Å²) in [6, 6.07) is 0. The molecule has 0 bridgehead atoms. The molecule has 1 fully saturated rings. The SMILES string of the molecule is CCCCCCCCCCCCCCCCCCCCC(=O)OC[C@H](CO)OC(=O)CCC/C=C\C[C@H]1[C@@H](O)CC(O)O[C@@H]1/C=C/[C@@H](O)CCCCC. The Labute approximate surface area is 323 Å². The van der Waals surface area contributed by atoms with Gasteiger partial charge in [-0.1, -0.05) is 167 Å². The van der Waals surface area contributed by atoms with Crippen LogP contribution in [-0.2, 0) is 23.8 Å². The fraction of sp³-hybridized carbons (Fsp3) is 0.864. The van der Waals surface area contributed by atoms with E-state index in [-0.39, 0.29) is 31.3 Å². The Hall–Kier alpha value is -1.78. The lowest BCUT2D eigenvalue weighted by atomic mass is 9.87. The van der Waals surface area contributed by atoms with E-state index in [2.05, 4.69) is 13.8 Å². The number of esters is 2. The summed E-state index contributed by atoms with van der Waals surface area (Å²) in [5, 5.41) is 40.4. The number of aliphatic hydroxyl groups excluding tert-OH is 4. The van der Waals surface area contributed by atoms with Gasteiger partial charge in [0.15, 0.2) is 12.4 Å². The first-order chi connectivity index (χ1) is 25.8. The van der Waals surface area contributed by atoms with Crippen LogP contribution in [0.5, 0.6) is 0 Å². The zero-order valence-corrected chi connectivity index (χ0v) is 33.8. The van der Waals surface area contributed by atoms with Crippen molar-refractivity contribution in [2.45, 2.75) is 224 Å². The quantitative estimate of drug-likeness (QED) is 0.0283. The van der Waals surface area contributed by atoms with Gasteiger partial charge in [0.05, 0.1) is 24.9 Å². The van der Waals surface area contributed by atoms with Gasteiger partial charge < -0.3 is 34.6 Å². The Bertz CT molecular complexity index is 923. The molecule has 9 nitrogen and oxygen atoms in total. The third-order valence-corrected chi connectivity index (χ3v) is 10.3. The predicted molar refractivity (Wildman–Crippen MR) is 213 cm³/mol. The van der Waals surface area contributed by atoms with Gasteiger partial charge in [0.1, 0.15) is 6.61 Å². The third kappa shape index (κ3) is 28.3. The van der Waals surface area contributed by atoms with Crippen LogP contribution in [0.25, 0.3) is 0 Å². The summed E-state index contributed by atoms with van der Waals surface area (Å²) in [6.07, 6.45) is 32.9. The van der Waals surface area contributed by atoms with E-state index in [9.17, 15) is 30.0 Å². The van der Waals surface area contributed by atoms with Crippen LogP contribution in [0.2, 0.25) is 0 Å². The lowest BCUT2D eigenvalue weighted by Crippen LogP contribution is -2.43. The van der Waals surface area contributed by atoms with Crippen molar-refractivity contribution in [3.63, 3.8) is 0 Å². The van der Waals surface area contributed by atoms with E-state index in [1.807, 2.05) is 12.2 Å². The molecule has 1 rings (SSSR count). The first-order valence-electron chi connectivity index (χ1n) is 21.8. The van der Waals surface area contributed by atoms with Gasteiger partial charge in [-0.3, -0.25) is 9.59 Å². The summed E-state index contributed by atoms with van der Waals surface area (Å²) in [5.74, 6) is -1.04. The van der Waals surface area contributed by atoms with E-state index in [1.54, 1.807) is 12.2 Å². The van der Waals surface area contributed by atoms with Crippen LogP contribution < -0.4 is 0 Å². The molecule has 0 aromatic carbocycles. The number of carbonyl (C=O) groups excluding carboxylic acids is 2. The van der Waals surface area contributed by atoms with Gasteiger partial charge in [0.25, 0.3) is 0 Å². The summed E-state index contributed by atoms with van der Waals surface area (Å²) in [7, 11) is 0. The summed E-state index contributed by atoms with van der Waals surface area (Å²) in [4.78, 5) is 24.5. The number of ether oxygens (including phenoxy) is 3. The van der Waals surface area contributed by atoms with Crippen molar-refractivity contribution < 1.29 is 44.2 Å². The predicted octanol–water partition coefficient (Wildman–Crippen LogP) is 9.56. The van der Waals surface area contributed by atoms with Crippen molar-refractivity contribution in [1.29, 1.82) is 0 Å². The molecule has 1 aliphatic rings. The van der Waals surface area contributed by atoms with Crippen molar-refractivity contribution in [3.8, 4) is 0 Å². The van der Waals surface area contributed by atoms with Gasteiger partial charge in [-0.2, -0.15) is 0 Å². The second-order valence-corrected chi connectivity index (χ2v) is 15.3. The molecule has 6 atom stereocenters. The molecular weight excluding hydrogens is 672 g/mol. The molecule has 1 aliphatic heterocycles. The number of hydrogen-bond acceptors (Lipinski definition) is 9. The number of carbonyl (C=O) groups is 2. The summed E-state index contributed by atoms with van der Waals surface area (Å²) in [5.41, 5.74) is 0. The maximum atomic E-state index is 12.3. The average Bonchev–Trinajstić information content (AvgIpc) is 3.14. The molecule has 0 radical (unpaired) electrons. The standard InChI is InChI=1S/C44H80O9/c1-3-5-7-8-9-10-11-12-13-14-15-16-17-18-19-20-21-26-30-42(48)51-36-38(35-45)52-43(49)31-27-23-22-25-29-39-40(47)34-44(50)53-41(39)33-32-37(46)28-24-6-4-2/h22,25,32-33,37-41,44-47,50H,3-21,23-24,26-31,34-36H2,1-2H3/b25-22-,33-32+/t37-,38-,39-,40-,41+,44?/m0/s1. The van der Waals surface area contributed by atoms with Gasteiger partial charge in [-0.25, -0.2) is 0 Å². The van der Waals surface area contributed by atoms with Crippen molar-refractivity contribution in [2.24, 2.45) is 5.92 Å². The Morgan fingerprint density at radius 2 is 1.25 bits per heavy atom. The van der Waals surface area contributed by atoms with Crippen LogP contribution in [0.4, 0.5) is 0 Å². The van der Waals surface area contributed by atoms with E-state index in [0.717, 1.165) is 38.5 Å². The van der Waals surface area contributed by atoms with Crippen LogP contribution in [0.3, 0.4) is 0 Å². The van der Waals surface area contributed by atoms with E-state index in [0.29, 0.717) is 32.1 Å². The van der Waals surface area contributed by atoms with Crippen LogP contribution in [0, 0.1) is 5.92 Å². The number of allylic oxidation sites excluding steroid dienone is 2. The maximum absolute atomic E-state index is 12.3. The molecule has 310 valence electrons. The molecule has 0 saturated carbocycles. The van der Waals surface area contributed by atoms with Crippen molar-refractivity contribution in [3.05, 3.63) is 24.3 Å². The van der Waals surface area contributed by atoms with Gasteiger partial charge in [0.2, 0.25) is 0 Å². The fourth-order valence-corrected chi connectivity index (χ4v) is 6.89. The second-order valence-electron chi connectivity index (χ2n) is 15.3. The number of hydrogen-bond donors (Lipinski definition) is 4. The van der Waals surface area contributed by atoms with Crippen LogP contribution in [0.15, 0.2) is 24.3 Å². The smallest absolute Gasteiger partial charge is 0.306 e. The minimum Gasteiger partial charge on any atom is -0.462 e. The van der Waals surface area contributed by atoms with Gasteiger partial charge >= 0.3 is 11.9 Å². The molecule has 1 unspecified atom stereocenters. The van der Waals surface area contributed by atoms with Gasteiger partial charge in [-0.05, 0) is 32.1 Å². The Kier molecular flexibility index (Phi) is 32.2. The van der Waals surface area contributed by atoms with Crippen molar-refractivity contribution in [2.75, 3.05) is 13.2 Å². The zero-order valence-electron chi connectivity index (χ0n) is 33.8. The highest BCUT2D eigenvalue weighted by molar-refractivity contribution is 5.70. The van der Waals surface area contributed by atoms with Crippen LogP contribution >= 0.6 is 0 Å². The molecule has 0 aromatic heterocycles. The molecule has 0 aromatic rings. The number of rotatable bonds is 35. The lowest BCUT2D eigenvalue weighted by Gasteiger charge is -2.36. The highest BCUT2D eigenvalue weighted by atomic mass is 16.6. The van der Waals surface area contributed by atoms with E-state index >= 15 is 0 Å². The van der Waals surface area contributed by atoms with Gasteiger partial charge in [-0.15, -0.1) is 0 Å². The molecule has 1 saturated heterocycles. The molecular formula is C44H80O9. The Morgan fingerprint density at radius 3 is 1.81 bits per heavy atom. The summed E-state index contributed by atoms with van der Waals surface area (Å²) < 4.78 is 16.2. The molecule has 4 N–H and O–H groups in total.